The normalized spacial score (nSPS) is 16.6. The average Bonchev–Trinajstić information content (AvgIpc) is 3.13. The molecule has 1 saturated heterocycles. The molecule has 2 aromatic rings. The number of hydrogen-bond donors (Lipinski definition) is 0. The number of fused-ring (bicyclic) bond motifs is 1. The number of nitrogens with zero attached hydrogens (tertiary/aromatic N) is 5. The summed E-state index contributed by atoms with van der Waals surface area (Å²) in [6, 6.07) is 13.1. The zero-order valence-corrected chi connectivity index (χ0v) is 19.0. The maximum Gasteiger partial charge on any atom is 0.282 e. The third kappa shape index (κ3) is 4.56. The number of carbonyl (C=O) groups excluding carboxylic acids is 3. The highest BCUT2D eigenvalue weighted by molar-refractivity contribution is 6.23. The van der Waals surface area contributed by atoms with Crippen LogP contribution >= 0.6 is 0 Å². The largest absolute Gasteiger partial charge is 0.497 e. The lowest BCUT2D eigenvalue weighted by atomic mass is 10.1. The first-order valence-corrected chi connectivity index (χ1v) is 11.0. The molecule has 0 aromatic heterocycles. The van der Waals surface area contributed by atoms with E-state index in [1.165, 1.54) is 18.2 Å². The van der Waals surface area contributed by atoms with Gasteiger partial charge in [0.25, 0.3) is 17.5 Å². The SMILES string of the molecule is COc1ccc([C@H](C#N)N2CCN(C(=O)CCN3C(=O)c4cccc([N+](=O)[O-])c4C3=O)CC2)cc1. The average molecular weight is 477 g/mol. The number of carbonyl (C=O) groups is 3. The quantitative estimate of drug-likeness (QED) is 0.335. The molecule has 2 aromatic carbocycles. The number of nitro groups is 1. The molecular formula is C24H23N5O6. The predicted octanol–water partition coefficient (Wildman–Crippen LogP) is 2.00. The summed E-state index contributed by atoms with van der Waals surface area (Å²) in [6.07, 6.45) is -0.0839. The number of ether oxygens (including phenoxy) is 1. The van der Waals surface area contributed by atoms with Gasteiger partial charge in [0.2, 0.25) is 5.91 Å². The Morgan fingerprint density at radius 3 is 2.40 bits per heavy atom. The fourth-order valence-electron chi connectivity index (χ4n) is 4.42. The number of nitro benzene ring substituents is 1. The van der Waals surface area contributed by atoms with Gasteiger partial charge in [0.1, 0.15) is 17.4 Å². The topological polar surface area (TPSA) is 137 Å². The Balaban J connectivity index is 1.34. The molecule has 2 aliphatic heterocycles. The third-order valence-electron chi connectivity index (χ3n) is 6.31. The lowest BCUT2D eigenvalue weighted by molar-refractivity contribution is -0.385. The predicted molar refractivity (Wildman–Crippen MR) is 123 cm³/mol. The molecule has 4 rings (SSSR count). The summed E-state index contributed by atoms with van der Waals surface area (Å²) < 4.78 is 5.16. The molecule has 1 fully saturated rings. The van der Waals surface area contributed by atoms with Crippen LogP contribution in [0.5, 0.6) is 5.75 Å². The highest BCUT2D eigenvalue weighted by Crippen LogP contribution is 2.31. The van der Waals surface area contributed by atoms with Gasteiger partial charge in [-0.3, -0.25) is 34.3 Å². The Bertz CT molecular complexity index is 1210. The second-order valence-corrected chi connectivity index (χ2v) is 8.19. The fraction of sp³-hybridized carbons (Fsp3) is 0.333. The van der Waals surface area contributed by atoms with Crippen molar-refractivity contribution in [2.24, 2.45) is 0 Å². The van der Waals surface area contributed by atoms with Crippen molar-refractivity contribution in [3.05, 3.63) is 69.3 Å². The van der Waals surface area contributed by atoms with Crippen molar-refractivity contribution in [2.75, 3.05) is 39.8 Å². The summed E-state index contributed by atoms with van der Waals surface area (Å²) in [7, 11) is 1.57. The number of hydrogen-bond acceptors (Lipinski definition) is 8. The molecule has 11 nitrogen and oxygen atoms in total. The molecule has 0 radical (unpaired) electrons. The highest BCUT2D eigenvalue weighted by Gasteiger charge is 2.41. The Labute approximate surface area is 201 Å². The van der Waals surface area contributed by atoms with E-state index in [1.54, 1.807) is 24.1 Å². The Morgan fingerprint density at radius 1 is 1.11 bits per heavy atom. The van der Waals surface area contributed by atoms with Gasteiger partial charge in [-0.1, -0.05) is 18.2 Å². The molecule has 0 N–H and O–H groups in total. The summed E-state index contributed by atoms with van der Waals surface area (Å²) in [5.41, 5.74) is 0.165. The van der Waals surface area contributed by atoms with Crippen LogP contribution in [0.1, 0.15) is 38.7 Å². The Hall–Kier alpha value is -4.30. The lowest BCUT2D eigenvalue weighted by Gasteiger charge is -2.37. The van der Waals surface area contributed by atoms with Gasteiger partial charge < -0.3 is 9.64 Å². The fourth-order valence-corrected chi connectivity index (χ4v) is 4.42. The second-order valence-electron chi connectivity index (χ2n) is 8.19. The van der Waals surface area contributed by atoms with Crippen molar-refractivity contribution >= 4 is 23.4 Å². The summed E-state index contributed by atoms with van der Waals surface area (Å²) in [4.78, 5) is 53.1. The molecular weight excluding hydrogens is 454 g/mol. The van der Waals surface area contributed by atoms with E-state index in [4.69, 9.17) is 4.74 Å². The van der Waals surface area contributed by atoms with Gasteiger partial charge >= 0.3 is 0 Å². The molecule has 0 bridgehead atoms. The van der Waals surface area contributed by atoms with E-state index in [9.17, 15) is 29.8 Å². The maximum absolute atomic E-state index is 12.8. The first-order chi connectivity index (χ1) is 16.8. The van der Waals surface area contributed by atoms with Crippen LogP contribution in [-0.2, 0) is 4.79 Å². The van der Waals surface area contributed by atoms with Crippen LogP contribution in [0.25, 0.3) is 0 Å². The van der Waals surface area contributed by atoms with E-state index in [2.05, 4.69) is 6.07 Å². The molecule has 35 heavy (non-hydrogen) atoms. The molecule has 1 atom stereocenters. The van der Waals surface area contributed by atoms with Crippen LogP contribution in [0, 0.1) is 21.4 Å². The number of amides is 3. The van der Waals surface area contributed by atoms with Gasteiger partial charge in [0.15, 0.2) is 0 Å². The Morgan fingerprint density at radius 2 is 1.80 bits per heavy atom. The molecule has 0 saturated carbocycles. The van der Waals surface area contributed by atoms with Crippen LogP contribution in [0.3, 0.4) is 0 Å². The number of imide groups is 1. The summed E-state index contributed by atoms with van der Waals surface area (Å²) in [5.74, 6) is -0.920. The lowest BCUT2D eigenvalue weighted by Crippen LogP contribution is -2.50. The maximum atomic E-state index is 12.8. The summed E-state index contributed by atoms with van der Waals surface area (Å²) in [6.45, 7) is 1.64. The van der Waals surface area contributed by atoms with Crippen molar-refractivity contribution in [3.8, 4) is 11.8 Å². The standard InChI is InChI=1S/C24H23N5O6/c1-35-17-7-5-16(6-8-17)20(15-25)26-11-13-27(14-12-26)21(30)9-10-28-23(31)18-3-2-4-19(29(33)34)22(18)24(28)32/h2-8,20H,9-14H2,1H3/t20-/m0/s1. The van der Waals surface area contributed by atoms with E-state index in [0.717, 1.165) is 10.5 Å². The molecule has 11 heteroatoms. The minimum atomic E-state index is -0.758. The first kappa shape index (κ1) is 23.8. The zero-order valence-electron chi connectivity index (χ0n) is 19.0. The molecule has 2 heterocycles. The summed E-state index contributed by atoms with van der Waals surface area (Å²) >= 11 is 0. The molecule has 0 spiro atoms. The van der Waals surface area contributed by atoms with E-state index < -0.39 is 28.5 Å². The van der Waals surface area contributed by atoms with Crippen LogP contribution in [-0.4, -0.2) is 77.2 Å². The number of methoxy groups -OCH3 is 1. The van der Waals surface area contributed by atoms with Gasteiger partial charge in [0, 0.05) is 45.2 Å². The Kier molecular flexibility index (Phi) is 6.75. The van der Waals surface area contributed by atoms with Crippen molar-refractivity contribution in [2.45, 2.75) is 12.5 Å². The van der Waals surface area contributed by atoms with Gasteiger partial charge in [-0.05, 0) is 23.8 Å². The summed E-state index contributed by atoms with van der Waals surface area (Å²) in [5, 5.41) is 20.9. The number of benzene rings is 2. The van der Waals surface area contributed by atoms with Gasteiger partial charge in [-0.25, -0.2) is 0 Å². The number of piperazine rings is 1. The van der Waals surface area contributed by atoms with Crippen molar-refractivity contribution in [1.29, 1.82) is 5.26 Å². The minimum absolute atomic E-state index is 0.0219. The highest BCUT2D eigenvalue weighted by atomic mass is 16.6. The van der Waals surface area contributed by atoms with Crippen LogP contribution in [0.15, 0.2) is 42.5 Å². The molecule has 0 aliphatic carbocycles. The van der Waals surface area contributed by atoms with Gasteiger partial charge in [-0.15, -0.1) is 0 Å². The van der Waals surface area contributed by atoms with Crippen molar-refractivity contribution < 1.29 is 24.0 Å². The number of rotatable bonds is 7. The molecule has 2 aliphatic rings. The first-order valence-electron chi connectivity index (χ1n) is 11.0. The second kappa shape index (κ2) is 9.90. The van der Waals surface area contributed by atoms with E-state index in [-0.39, 0.29) is 30.0 Å². The van der Waals surface area contributed by atoms with E-state index in [1.807, 2.05) is 17.0 Å². The zero-order chi connectivity index (χ0) is 25.1. The third-order valence-corrected chi connectivity index (χ3v) is 6.31. The van der Waals surface area contributed by atoms with Crippen molar-refractivity contribution in [3.63, 3.8) is 0 Å². The number of nitriles is 1. The van der Waals surface area contributed by atoms with Crippen LogP contribution in [0.4, 0.5) is 5.69 Å². The molecule has 3 amide bonds. The molecule has 180 valence electrons. The smallest absolute Gasteiger partial charge is 0.282 e. The van der Waals surface area contributed by atoms with Gasteiger partial charge in [0.05, 0.1) is 23.7 Å². The van der Waals surface area contributed by atoms with Crippen LogP contribution < -0.4 is 4.74 Å². The van der Waals surface area contributed by atoms with Crippen molar-refractivity contribution in [1.82, 2.24) is 14.7 Å². The minimum Gasteiger partial charge on any atom is -0.497 e. The van der Waals surface area contributed by atoms with E-state index >= 15 is 0 Å². The van der Waals surface area contributed by atoms with Gasteiger partial charge in [-0.2, -0.15) is 5.26 Å². The molecule has 0 unspecified atom stereocenters. The monoisotopic (exact) mass is 477 g/mol. The van der Waals surface area contributed by atoms with E-state index in [0.29, 0.717) is 31.9 Å². The van der Waals surface area contributed by atoms with Crippen LogP contribution in [0.2, 0.25) is 0 Å².